The van der Waals surface area contributed by atoms with Crippen LogP contribution in [0.1, 0.15) is 18.1 Å². The number of halogens is 1. The number of hydrogen-bond donors (Lipinski definition) is 2. The molecular weight excluding hydrogens is 351 g/mol. The van der Waals surface area contributed by atoms with Crippen molar-refractivity contribution >= 4 is 22.5 Å². The third-order valence-corrected chi connectivity index (χ3v) is 5.72. The van der Waals surface area contributed by atoms with E-state index < -0.39 is 5.41 Å². The Labute approximate surface area is 162 Å². The molecule has 2 heterocycles. The molecule has 1 aromatic heterocycles. The summed E-state index contributed by atoms with van der Waals surface area (Å²) in [7, 11) is 0. The lowest BCUT2D eigenvalue weighted by molar-refractivity contribution is -0.120. The summed E-state index contributed by atoms with van der Waals surface area (Å²) in [4.78, 5) is 16.0. The molecule has 138 valence electrons. The second-order valence-electron chi connectivity index (χ2n) is 7.63. The number of nitrogens with one attached hydrogen (secondary N) is 2. The predicted molar refractivity (Wildman–Crippen MR) is 110 cm³/mol. The highest BCUT2D eigenvalue weighted by Gasteiger charge is 2.42. The average Bonchev–Trinajstić information content (AvgIpc) is 3.26. The number of aromatic amines is 1. The Morgan fingerprint density at radius 1 is 0.929 bits per heavy atom. The Morgan fingerprint density at radius 2 is 1.68 bits per heavy atom. The Morgan fingerprint density at radius 3 is 2.50 bits per heavy atom. The summed E-state index contributed by atoms with van der Waals surface area (Å²) in [5.74, 6) is -0.294. The highest BCUT2D eigenvalue weighted by Crippen LogP contribution is 2.42. The normalized spacial score (nSPS) is 18.3. The molecule has 4 aromatic rings. The largest absolute Gasteiger partial charge is 0.361 e. The van der Waals surface area contributed by atoms with Gasteiger partial charge in [-0.15, -0.1) is 0 Å². The molecule has 0 saturated heterocycles. The molecule has 3 aromatic carbocycles. The quantitative estimate of drug-likeness (QED) is 0.496. The van der Waals surface area contributed by atoms with Crippen LogP contribution in [0.4, 0.5) is 10.1 Å². The summed E-state index contributed by atoms with van der Waals surface area (Å²) < 4.78 is 13.3. The summed E-state index contributed by atoms with van der Waals surface area (Å²) in [6.07, 6.45) is 2.45. The SMILES string of the molecule is CC1(Cc2ccc(F)cc2)C(=O)Nc2ccc(-c3ccc4[nH]ccc4c3)cc21. The minimum Gasteiger partial charge on any atom is -0.361 e. The maximum absolute atomic E-state index is 13.3. The van der Waals surface area contributed by atoms with Crippen molar-refractivity contribution in [2.45, 2.75) is 18.8 Å². The Hall–Kier alpha value is -3.40. The van der Waals surface area contributed by atoms with Gasteiger partial charge < -0.3 is 10.3 Å². The first-order chi connectivity index (χ1) is 13.5. The minimum absolute atomic E-state index is 0.0231. The van der Waals surface area contributed by atoms with Crippen LogP contribution >= 0.6 is 0 Å². The van der Waals surface area contributed by atoms with Crippen molar-refractivity contribution in [1.82, 2.24) is 4.98 Å². The van der Waals surface area contributed by atoms with E-state index in [2.05, 4.69) is 40.6 Å². The first-order valence-corrected chi connectivity index (χ1v) is 9.31. The third-order valence-electron chi connectivity index (χ3n) is 5.72. The second-order valence-corrected chi connectivity index (χ2v) is 7.63. The number of H-pyrrole nitrogens is 1. The molecule has 1 aliphatic heterocycles. The maximum atomic E-state index is 13.3. The molecule has 0 aliphatic carbocycles. The van der Waals surface area contributed by atoms with Crippen LogP contribution in [0.2, 0.25) is 0 Å². The van der Waals surface area contributed by atoms with Crippen LogP contribution in [-0.4, -0.2) is 10.9 Å². The third kappa shape index (κ3) is 2.61. The van der Waals surface area contributed by atoms with Gasteiger partial charge in [0.15, 0.2) is 0 Å². The minimum atomic E-state index is -0.693. The van der Waals surface area contributed by atoms with Crippen molar-refractivity contribution in [2.24, 2.45) is 0 Å². The van der Waals surface area contributed by atoms with Gasteiger partial charge in [0.2, 0.25) is 5.91 Å². The van der Waals surface area contributed by atoms with Gasteiger partial charge in [-0.3, -0.25) is 4.79 Å². The molecule has 4 heteroatoms. The lowest BCUT2D eigenvalue weighted by Crippen LogP contribution is -2.33. The van der Waals surface area contributed by atoms with Gasteiger partial charge in [-0.1, -0.05) is 24.3 Å². The molecule has 0 spiro atoms. The fraction of sp³-hybridized carbons (Fsp3) is 0.125. The van der Waals surface area contributed by atoms with Crippen molar-refractivity contribution in [2.75, 3.05) is 5.32 Å². The van der Waals surface area contributed by atoms with Crippen LogP contribution in [0.15, 0.2) is 72.9 Å². The van der Waals surface area contributed by atoms with Gasteiger partial charge in [0.05, 0.1) is 5.41 Å². The summed E-state index contributed by atoms with van der Waals surface area (Å²) in [5.41, 5.74) is 5.35. The maximum Gasteiger partial charge on any atom is 0.235 e. The van der Waals surface area contributed by atoms with Crippen molar-refractivity contribution in [3.05, 3.63) is 89.9 Å². The molecule has 1 amide bonds. The van der Waals surface area contributed by atoms with Gasteiger partial charge in [0.25, 0.3) is 0 Å². The van der Waals surface area contributed by atoms with E-state index in [0.717, 1.165) is 38.8 Å². The van der Waals surface area contributed by atoms with Crippen LogP contribution in [0.5, 0.6) is 0 Å². The average molecular weight is 370 g/mol. The van der Waals surface area contributed by atoms with Crippen LogP contribution in [0.25, 0.3) is 22.0 Å². The molecule has 0 saturated carbocycles. The Bertz CT molecular complexity index is 1210. The van der Waals surface area contributed by atoms with Crippen LogP contribution in [0, 0.1) is 5.82 Å². The van der Waals surface area contributed by atoms with Gasteiger partial charge in [-0.05, 0) is 83.4 Å². The molecule has 5 rings (SSSR count). The van der Waals surface area contributed by atoms with Gasteiger partial charge >= 0.3 is 0 Å². The van der Waals surface area contributed by atoms with Crippen LogP contribution < -0.4 is 5.32 Å². The molecular formula is C24H19FN2O. The molecule has 1 unspecified atom stereocenters. The monoisotopic (exact) mass is 370 g/mol. The van der Waals surface area contributed by atoms with E-state index >= 15 is 0 Å². The number of hydrogen-bond acceptors (Lipinski definition) is 1. The first kappa shape index (κ1) is 16.8. The van der Waals surface area contributed by atoms with Crippen molar-refractivity contribution in [3.63, 3.8) is 0 Å². The molecule has 3 nitrogen and oxygen atoms in total. The summed E-state index contributed by atoms with van der Waals surface area (Å²) >= 11 is 0. The fourth-order valence-corrected chi connectivity index (χ4v) is 4.09. The number of fused-ring (bicyclic) bond motifs is 2. The van der Waals surface area contributed by atoms with Crippen molar-refractivity contribution in [3.8, 4) is 11.1 Å². The molecule has 0 bridgehead atoms. The van der Waals surface area contributed by atoms with Crippen LogP contribution in [0.3, 0.4) is 0 Å². The van der Waals surface area contributed by atoms with Gasteiger partial charge in [-0.25, -0.2) is 4.39 Å². The Kier molecular flexibility index (Phi) is 3.63. The molecule has 1 atom stereocenters. The summed E-state index contributed by atoms with van der Waals surface area (Å²) in [6.45, 7) is 1.96. The Balaban J connectivity index is 1.57. The molecule has 0 radical (unpaired) electrons. The number of benzene rings is 3. The van der Waals surface area contributed by atoms with Crippen molar-refractivity contribution in [1.29, 1.82) is 0 Å². The highest BCUT2D eigenvalue weighted by molar-refractivity contribution is 6.06. The zero-order valence-electron chi connectivity index (χ0n) is 15.4. The van der Waals surface area contributed by atoms with E-state index in [1.54, 1.807) is 12.1 Å². The predicted octanol–water partition coefficient (Wildman–Crippen LogP) is 5.43. The molecule has 2 N–H and O–H groups in total. The van der Waals surface area contributed by atoms with Crippen LogP contribution in [-0.2, 0) is 16.6 Å². The number of amides is 1. The van der Waals surface area contributed by atoms with E-state index in [1.807, 2.05) is 25.3 Å². The van der Waals surface area contributed by atoms with Gasteiger partial charge in [0.1, 0.15) is 5.82 Å². The van der Waals surface area contributed by atoms with E-state index in [9.17, 15) is 9.18 Å². The zero-order chi connectivity index (χ0) is 19.3. The molecule has 28 heavy (non-hydrogen) atoms. The van der Waals surface area contributed by atoms with E-state index in [-0.39, 0.29) is 11.7 Å². The fourth-order valence-electron chi connectivity index (χ4n) is 4.09. The number of carbonyl (C=O) groups excluding carboxylic acids is 1. The van der Waals surface area contributed by atoms with E-state index in [1.165, 1.54) is 12.1 Å². The molecule has 0 fully saturated rings. The lowest BCUT2D eigenvalue weighted by atomic mass is 9.77. The first-order valence-electron chi connectivity index (χ1n) is 9.31. The molecule has 1 aliphatic rings. The zero-order valence-corrected chi connectivity index (χ0v) is 15.4. The number of carbonyl (C=O) groups is 1. The highest BCUT2D eigenvalue weighted by atomic mass is 19.1. The standard InChI is InChI=1S/C24H19FN2O/c1-24(14-15-2-6-19(25)7-3-15)20-13-17(5-9-22(20)27-23(24)28)16-4-8-21-18(12-16)10-11-26-21/h2-13,26H,14H2,1H3,(H,27,28). The van der Waals surface area contributed by atoms with E-state index in [0.29, 0.717) is 6.42 Å². The lowest BCUT2D eigenvalue weighted by Gasteiger charge is -2.23. The van der Waals surface area contributed by atoms with Crippen molar-refractivity contribution < 1.29 is 9.18 Å². The number of rotatable bonds is 3. The summed E-state index contributed by atoms with van der Waals surface area (Å²) in [5, 5.41) is 4.16. The number of anilines is 1. The summed E-state index contributed by atoms with van der Waals surface area (Å²) in [6, 6.07) is 20.8. The van der Waals surface area contributed by atoms with Gasteiger partial charge in [0, 0.05) is 17.4 Å². The van der Waals surface area contributed by atoms with Gasteiger partial charge in [-0.2, -0.15) is 0 Å². The smallest absolute Gasteiger partial charge is 0.235 e. The second kappa shape index (κ2) is 6.06. The topological polar surface area (TPSA) is 44.9 Å². The number of aromatic nitrogens is 1. The van der Waals surface area contributed by atoms with E-state index in [4.69, 9.17) is 0 Å².